The van der Waals surface area contributed by atoms with E-state index in [0.29, 0.717) is 10.9 Å². The highest BCUT2D eigenvalue weighted by atomic mass is 19.1. The third-order valence-electron chi connectivity index (χ3n) is 4.35. The third kappa shape index (κ3) is 2.28. The monoisotopic (exact) mass is 289 g/mol. The van der Waals surface area contributed by atoms with Crippen molar-refractivity contribution >= 4 is 23.5 Å². The Bertz CT molecular complexity index is 753. The minimum Gasteiger partial charge on any atom is -0.399 e. The van der Waals surface area contributed by atoms with E-state index in [1.54, 1.807) is 12.1 Å². The Morgan fingerprint density at radius 1 is 1.10 bits per heavy atom. The van der Waals surface area contributed by atoms with E-state index in [9.17, 15) is 9.18 Å². The van der Waals surface area contributed by atoms with Crippen LogP contribution < -0.4 is 11.0 Å². The SMILES string of the molecule is CC1(C)OB(c2ccc3[nH]c(=O)c(F)cc3c2)OC1(C)C. The molecule has 0 amide bonds. The van der Waals surface area contributed by atoms with Crippen LogP contribution in [0.3, 0.4) is 0 Å². The van der Waals surface area contributed by atoms with E-state index < -0.39 is 29.7 Å². The zero-order valence-corrected chi connectivity index (χ0v) is 12.5. The summed E-state index contributed by atoms with van der Waals surface area (Å²) in [4.78, 5) is 13.8. The number of aromatic amines is 1. The van der Waals surface area contributed by atoms with Crippen LogP contribution in [-0.4, -0.2) is 23.3 Å². The van der Waals surface area contributed by atoms with Crippen LogP contribution in [-0.2, 0) is 9.31 Å². The molecule has 0 radical (unpaired) electrons. The van der Waals surface area contributed by atoms with Gasteiger partial charge in [0.1, 0.15) is 0 Å². The second-order valence-corrected chi connectivity index (χ2v) is 6.38. The summed E-state index contributed by atoms with van der Waals surface area (Å²) in [6.45, 7) is 7.91. The van der Waals surface area contributed by atoms with E-state index in [2.05, 4.69) is 4.98 Å². The fourth-order valence-electron chi connectivity index (χ4n) is 2.32. The number of hydrogen-bond donors (Lipinski definition) is 1. The van der Waals surface area contributed by atoms with Crippen molar-refractivity contribution in [3.05, 3.63) is 40.4 Å². The Morgan fingerprint density at radius 2 is 1.71 bits per heavy atom. The van der Waals surface area contributed by atoms with Gasteiger partial charge in [0.05, 0.1) is 11.2 Å². The molecule has 21 heavy (non-hydrogen) atoms. The maximum atomic E-state index is 13.4. The lowest BCUT2D eigenvalue weighted by Gasteiger charge is -2.32. The molecule has 2 aromatic rings. The van der Waals surface area contributed by atoms with E-state index >= 15 is 0 Å². The molecule has 4 nitrogen and oxygen atoms in total. The molecule has 1 fully saturated rings. The molecule has 0 bridgehead atoms. The number of pyridine rings is 1. The molecular weight excluding hydrogens is 272 g/mol. The van der Waals surface area contributed by atoms with Gasteiger partial charge in [-0.05, 0) is 45.3 Å². The van der Waals surface area contributed by atoms with E-state index in [4.69, 9.17) is 9.31 Å². The van der Waals surface area contributed by atoms with Gasteiger partial charge >= 0.3 is 7.12 Å². The van der Waals surface area contributed by atoms with Gasteiger partial charge in [-0.2, -0.15) is 0 Å². The van der Waals surface area contributed by atoms with Crippen molar-refractivity contribution in [1.82, 2.24) is 4.98 Å². The standard InChI is InChI=1S/C15H17BFNO3/c1-14(2)15(3,4)21-16(20-14)10-5-6-12-9(7-10)8-11(17)13(19)18-12/h5-8H,1-4H3,(H,18,19). The molecule has 110 valence electrons. The zero-order valence-electron chi connectivity index (χ0n) is 12.5. The van der Waals surface area contributed by atoms with Crippen molar-refractivity contribution in [3.8, 4) is 0 Å². The Balaban J connectivity index is 2.03. The molecule has 6 heteroatoms. The second-order valence-electron chi connectivity index (χ2n) is 6.38. The number of hydrogen-bond acceptors (Lipinski definition) is 3. The molecule has 1 aromatic carbocycles. The molecular formula is C15H17BFNO3. The van der Waals surface area contributed by atoms with Gasteiger partial charge < -0.3 is 14.3 Å². The summed E-state index contributed by atoms with van der Waals surface area (Å²) in [6.07, 6.45) is 0. The van der Waals surface area contributed by atoms with Crippen LogP contribution >= 0.6 is 0 Å². The molecule has 0 unspecified atom stereocenters. The van der Waals surface area contributed by atoms with Gasteiger partial charge in [0.15, 0.2) is 5.82 Å². The minimum atomic E-state index is -0.798. The average molecular weight is 289 g/mol. The van der Waals surface area contributed by atoms with Crippen LogP contribution in [0.1, 0.15) is 27.7 Å². The van der Waals surface area contributed by atoms with Crippen molar-refractivity contribution in [1.29, 1.82) is 0 Å². The van der Waals surface area contributed by atoms with E-state index in [-0.39, 0.29) is 0 Å². The van der Waals surface area contributed by atoms with Crippen LogP contribution in [0.15, 0.2) is 29.1 Å². The van der Waals surface area contributed by atoms with Gasteiger partial charge in [0.25, 0.3) is 5.56 Å². The van der Waals surface area contributed by atoms with Gasteiger partial charge in [-0.15, -0.1) is 0 Å². The van der Waals surface area contributed by atoms with Crippen LogP contribution in [0.5, 0.6) is 0 Å². The number of fused-ring (bicyclic) bond motifs is 1. The molecule has 1 aliphatic heterocycles. The lowest BCUT2D eigenvalue weighted by molar-refractivity contribution is 0.00578. The first kappa shape index (κ1) is 14.3. The fourth-order valence-corrected chi connectivity index (χ4v) is 2.32. The third-order valence-corrected chi connectivity index (χ3v) is 4.35. The van der Waals surface area contributed by atoms with Crippen LogP contribution in [0.4, 0.5) is 4.39 Å². The molecule has 0 spiro atoms. The molecule has 1 saturated heterocycles. The van der Waals surface area contributed by atoms with Crippen molar-refractivity contribution < 1.29 is 13.7 Å². The molecule has 1 aliphatic rings. The van der Waals surface area contributed by atoms with Crippen LogP contribution in [0.25, 0.3) is 10.9 Å². The summed E-state index contributed by atoms with van der Waals surface area (Å²) >= 11 is 0. The highest BCUT2D eigenvalue weighted by Gasteiger charge is 2.51. The average Bonchev–Trinajstić information content (AvgIpc) is 2.59. The summed E-state index contributed by atoms with van der Waals surface area (Å²) < 4.78 is 25.3. The molecule has 2 heterocycles. The summed E-state index contributed by atoms with van der Waals surface area (Å²) in [5, 5.41) is 0.610. The van der Waals surface area contributed by atoms with Crippen LogP contribution in [0.2, 0.25) is 0 Å². The summed E-state index contributed by atoms with van der Waals surface area (Å²) in [6, 6.07) is 6.55. The van der Waals surface area contributed by atoms with Gasteiger partial charge in [-0.3, -0.25) is 4.79 Å². The van der Waals surface area contributed by atoms with Gasteiger partial charge in [0.2, 0.25) is 0 Å². The molecule has 3 rings (SSSR count). The predicted molar refractivity (Wildman–Crippen MR) is 80.2 cm³/mol. The van der Waals surface area contributed by atoms with Gasteiger partial charge in [-0.25, -0.2) is 4.39 Å². The Labute approximate surface area is 122 Å². The lowest BCUT2D eigenvalue weighted by atomic mass is 9.78. The summed E-state index contributed by atoms with van der Waals surface area (Å²) in [5.74, 6) is -0.798. The number of halogens is 1. The van der Waals surface area contributed by atoms with Crippen molar-refractivity contribution in [3.63, 3.8) is 0 Å². The van der Waals surface area contributed by atoms with Crippen molar-refractivity contribution in [2.75, 3.05) is 0 Å². The van der Waals surface area contributed by atoms with E-state index in [1.807, 2.05) is 33.8 Å². The van der Waals surface area contributed by atoms with E-state index in [1.165, 1.54) is 6.07 Å². The van der Waals surface area contributed by atoms with Crippen LogP contribution in [0, 0.1) is 5.82 Å². The molecule has 1 N–H and O–H groups in total. The molecule has 1 aromatic heterocycles. The maximum absolute atomic E-state index is 13.4. The zero-order chi connectivity index (χ0) is 15.4. The Morgan fingerprint density at radius 3 is 2.33 bits per heavy atom. The molecule has 0 saturated carbocycles. The lowest BCUT2D eigenvalue weighted by Crippen LogP contribution is -2.41. The fraction of sp³-hybridized carbons (Fsp3) is 0.400. The number of aromatic nitrogens is 1. The predicted octanol–water partition coefficient (Wildman–Crippen LogP) is 1.97. The molecule has 0 aliphatic carbocycles. The number of nitrogens with one attached hydrogen (secondary N) is 1. The maximum Gasteiger partial charge on any atom is 0.494 e. The van der Waals surface area contributed by atoms with E-state index in [0.717, 1.165) is 5.46 Å². The van der Waals surface area contributed by atoms with Crippen molar-refractivity contribution in [2.24, 2.45) is 0 Å². The largest absolute Gasteiger partial charge is 0.494 e. The highest BCUT2D eigenvalue weighted by Crippen LogP contribution is 2.36. The quantitative estimate of drug-likeness (QED) is 0.817. The number of benzene rings is 1. The molecule has 0 atom stereocenters. The number of H-pyrrole nitrogens is 1. The van der Waals surface area contributed by atoms with Gasteiger partial charge in [0, 0.05) is 10.9 Å². The Kier molecular flexibility index (Phi) is 3.01. The summed E-state index contributed by atoms with van der Waals surface area (Å²) in [5.41, 5.74) is -0.189. The highest BCUT2D eigenvalue weighted by molar-refractivity contribution is 6.62. The minimum absolute atomic E-state index is 0.428. The smallest absolute Gasteiger partial charge is 0.399 e. The topological polar surface area (TPSA) is 51.3 Å². The summed E-state index contributed by atoms with van der Waals surface area (Å²) in [7, 11) is -0.505. The number of rotatable bonds is 1. The second kappa shape index (κ2) is 4.42. The van der Waals surface area contributed by atoms with Crippen molar-refractivity contribution in [2.45, 2.75) is 38.9 Å². The van der Waals surface area contributed by atoms with Gasteiger partial charge in [-0.1, -0.05) is 12.1 Å². The Hall–Kier alpha value is -1.66. The first-order chi connectivity index (χ1) is 9.69. The first-order valence-corrected chi connectivity index (χ1v) is 6.88. The normalized spacial score (nSPS) is 20.1. The first-order valence-electron chi connectivity index (χ1n) is 6.88.